The van der Waals surface area contributed by atoms with Crippen molar-refractivity contribution in [1.82, 2.24) is 4.57 Å². The molecular weight excluding hydrogens is 318 g/mol. The zero-order valence-corrected chi connectivity index (χ0v) is 14.0. The molecule has 0 amide bonds. The van der Waals surface area contributed by atoms with E-state index >= 15 is 0 Å². The molecule has 122 valence electrons. The minimum absolute atomic E-state index is 0.906. The summed E-state index contributed by atoms with van der Waals surface area (Å²) in [6.45, 7) is 0. The third-order valence-corrected chi connectivity index (χ3v) is 5.20. The van der Waals surface area contributed by atoms with Crippen LogP contribution in [0, 0.1) is 0 Å². The number of hydrogen-bond donors (Lipinski definition) is 0. The highest BCUT2D eigenvalue weighted by Crippen LogP contribution is 2.39. The quantitative estimate of drug-likeness (QED) is 0.328. The summed E-state index contributed by atoms with van der Waals surface area (Å²) in [6.07, 6.45) is 0. The molecule has 2 nitrogen and oxygen atoms in total. The number of aromatic nitrogens is 1. The van der Waals surface area contributed by atoms with E-state index in [1.165, 1.54) is 27.1 Å². The van der Waals surface area contributed by atoms with E-state index in [4.69, 9.17) is 4.42 Å². The molecule has 26 heavy (non-hydrogen) atoms. The molecule has 0 radical (unpaired) electrons. The van der Waals surface area contributed by atoms with Crippen LogP contribution in [0.4, 0.5) is 0 Å². The molecule has 0 spiro atoms. The van der Waals surface area contributed by atoms with Crippen molar-refractivity contribution in [2.75, 3.05) is 0 Å². The lowest BCUT2D eigenvalue weighted by Crippen LogP contribution is -1.94. The topological polar surface area (TPSA) is 18.1 Å². The zero-order valence-electron chi connectivity index (χ0n) is 14.0. The molecule has 2 aromatic heterocycles. The van der Waals surface area contributed by atoms with Crippen LogP contribution in [0.2, 0.25) is 0 Å². The van der Waals surface area contributed by atoms with Crippen molar-refractivity contribution in [2.24, 2.45) is 0 Å². The maximum atomic E-state index is 6.33. The molecule has 0 N–H and O–H groups in total. The van der Waals surface area contributed by atoms with Gasteiger partial charge in [0, 0.05) is 16.2 Å². The van der Waals surface area contributed by atoms with Gasteiger partial charge in [-0.25, -0.2) is 0 Å². The Morgan fingerprint density at radius 2 is 1.27 bits per heavy atom. The predicted octanol–water partition coefficient (Wildman–Crippen LogP) is 6.68. The van der Waals surface area contributed by atoms with Gasteiger partial charge >= 0.3 is 0 Å². The minimum atomic E-state index is 0.906. The van der Waals surface area contributed by atoms with Crippen LogP contribution in [0.15, 0.2) is 95.4 Å². The Morgan fingerprint density at radius 1 is 0.577 bits per heavy atom. The first-order valence-electron chi connectivity index (χ1n) is 8.81. The van der Waals surface area contributed by atoms with Gasteiger partial charge in [-0.05, 0) is 23.6 Å². The first-order chi connectivity index (χ1) is 12.9. The molecule has 0 aliphatic heterocycles. The molecule has 2 heteroatoms. The van der Waals surface area contributed by atoms with Crippen LogP contribution in [0.25, 0.3) is 49.4 Å². The first kappa shape index (κ1) is 13.7. The fraction of sp³-hybridized carbons (Fsp3) is 0. The molecule has 0 saturated carbocycles. The van der Waals surface area contributed by atoms with E-state index in [9.17, 15) is 0 Å². The second kappa shape index (κ2) is 4.99. The third kappa shape index (κ3) is 1.71. The standard InChI is InChI=1S/C24H15NO/c1-2-10-17-16(8-1)9-7-14-20(17)25-21-13-5-3-11-18(21)23-19-12-4-6-15-22(19)26-24(23)25/h1-15H. The fourth-order valence-electron chi connectivity index (χ4n) is 4.08. The average molecular weight is 333 g/mol. The number of para-hydroxylation sites is 2. The van der Waals surface area contributed by atoms with Gasteiger partial charge in [-0.2, -0.15) is 0 Å². The highest BCUT2D eigenvalue weighted by atomic mass is 16.3. The number of benzene rings is 4. The van der Waals surface area contributed by atoms with Crippen molar-refractivity contribution in [3.05, 3.63) is 91.0 Å². The van der Waals surface area contributed by atoms with Gasteiger partial charge in [0.15, 0.2) is 0 Å². The second-order valence-corrected chi connectivity index (χ2v) is 6.63. The molecule has 4 aromatic carbocycles. The summed E-state index contributed by atoms with van der Waals surface area (Å²) in [5.41, 5.74) is 4.15. The van der Waals surface area contributed by atoms with Gasteiger partial charge in [0.25, 0.3) is 0 Å². The summed E-state index contributed by atoms with van der Waals surface area (Å²) in [4.78, 5) is 0. The van der Waals surface area contributed by atoms with E-state index in [-0.39, 0.29) is 0 Å². The lowest BCUT2D eigenvalue weighted by atomic mass is 10.1. The Morgan fingerprint density at radius 3 is 2.19 bits per heavy atom. The summed E-state index contributed by atoms with van der Waals surface area (Å²) < 4.78 is 8.59. The molecule has 0 aliphatic rings. The lowest BCUT2D eigenvalue weighted by Gasteiger charge is -2.10. The summed E-state index contributed by atoms with van der Waals surface area (Å²) in [5.74, 6) is 0. The van der Waals surface area contributed by atoms with Crippen LogP contribution in [-0.4, -0.2) is 4.57 Å². The molecule has 6 aromatic rings. The Balaban J connectivity index is 1.88. The Bertz CT molecular complexity index is 1430. The number of nitrogens with zero attached hydrogens (tertiary/aromatic N) is 1. The van der Waals surface area contributed by atoms with Crippen molar-refractivity contribution >= 4 is 43.7 Å². The highest BCUT2D eigenvalue weighted by molar-refractivity contribution is 6.20. The summed E-state index contributed by atoms with van der Waals surface area (Å²) in [6, 6.07) is 31.7. The predicted molar refractivity (Wildman–Crippen MR) is 108 cm³/mol. The van der Waals surface area contributed by atoms with Crippen molar-refractivity contribution in [3.8, 4) is 5.69 Å². The van der Waals surface area contributed by atoms with E-state index in [1.807, 2.05) is 12.1 Å². The normalized spacial score (nSPS) is 11.8. The molecular formula is C24H15NO. The third-order valence-electron chi connectivity index (χ3n) is 5.20. The van der Waals surface area contributed by atoms with Gasteiger partial charge in [-0.3, -0.25) is 4.57 Å². The van der Waals surface area contributed by atoms with E-state index in [0.29, 0.717) is 0 Å². The molecule has 0 saturated heterocycles. The Labute approximate surface area is 149 Å². The van der Waals surface area contributed by atoms with Crippen molar-refractivity contribution < 1.29 is 4.42 Å². The summed E-state index contributed by atoms with van der Waals surface area (Å²) in [7, 11) is 0. The van der Waals surface area contributed by atoms with Gasteiger partial charge in [-0.15, -0.1) is 0 Å². The van der Waals surface area contributed by atoms with Crippen molar-refractivity contribution in [3.63, 3.8) is 0 Å². The van der Waals surface area contributed by atoms with Crippen LogP contribution in [0.3, 0.4) is 0 Å². The summed E-state index contributed by atoms with van der Waals surface area (Å²) >= 11 is 0. The molecule has 2 heterocycles. The number of furan rings is 1. The molecule has 0 bridgehead atoms. The summed E-state index contributed by atoms with van der Waals surface area (Å²) in [5, 5.41) is 6.02. The average Bonchev–Trinajstić information content (AvgIpc) is 3.22. The monoisotopic (exact) mass is 333 g/mol. The van der Waals surface area contributed by atoms with Crippen molar-refractivity contribution in [1.29, 1.82) is 0 Å². The molecule has 0 aliphatic carbocycles. The zero-order chi connectivity index (χ0) is 17.1. The van der Waals surface area contributed by atoms with E-state index < -0.39 is 0 Å². The fourth-order valence-corrected chi connectivity index (χ4v) is 4.08. The van der Waals surface area contributed by atoms with Crippen LogP contribution >= 0.6 is 0 Å². The smallest absolute Gasteiger partial charge is 0.213 e. The Kier molecular flexibility index (Phi) is 2.64. The Hall–Kier alpha value is -3.52. The molecule has 6 rings (SSSR count). The van der Waals surface area contributed by atoms with Gasteiger partial charge < -0.3 is 4.42 Å². The maximum absolute atomic E-state index is 6.33. The van der Waals surface area contributed by atoms with Gasteiger partial charge in [0.2, 0.25) is 5.71 Å². The first-order valence-corrected chi connectivity index (χ1v) is 8.81. The van der Waals surface area contributed by atoms with Crippen LogP contribution in [0.1, 0.15) is 0 Å². The van der Waals surface area contributed by atoms with E-state index in [2.05, 4.69) is 83.4 Å². The van der Waals surface area contributed by atoms with Gasteiger partial charge in [-0.1, -0.05) is 72.8 Å². The minimum Gasteiger partial charge on any atom is -0.439 e. The van der Waals surface area contributed by atoms with Crippen molar-refractivity contribution in [2.45, 2.75) is 0 Å². The highest BCUT2D eigenvalue weighted by Gasteiger charge is 2.19. The van der Waals surface area contributed by atoms with Crippen LogP contribution in [0.5, 0.6) is 0 Å². The SMILES string of the molecule is c1ccc2c(-n3c4ccccc4c4c5ccccc5oc43)cccc2c1. The maximum Gasteiger partial charge on any atom is 0.213 e. The molecule has 0 unspecified atom stereocenters. The van der Waals surface area contributed by atoms with E-state index in [0.717, 1.165) is 22.4 Å². The number of hydrogen-bond acceptors (Lipinski definition) is 1. The van der Waals surface area contributed by atoms with Gasteiger partial charge in [0.05, 0.1) is 16.6 Å². The van der Waals surface area contributed by atoms with Crippen LogP contribution in [-0.2, 0) is 0 Å². The molecule has 0 fully saturated rings. The second-order valence-electron chi connectivity index (χ2n) is 6.63. The van der Waals surface area contributed by atoms with Crippen LogP contribution < -0.4 is 0 Å². The van der Waals surface area contributed by atoms with Gasteiger partial charge in [0.1, 0.15) is 5.58 Å². The lowest BCUT2D eigenvalue weighted by molar-refractivity contribution is 0.646. The molecule has 0 atom stereocenters. The van der Waals surface area contributed by atoms with E-state index in [1.54, 1.807) is 0 Å². The number of rotatable bonds is 1. The number of fused-ring (bicyclic) bond motifs is 6. The largest absolute Gasteiger partial charge is 0.439 e.